The average molecular weight is 340 g/mol. The third-order valence-electron chi connectivity index (χ3n) is 3.05. The second-order valence-electron chi connectivity index (χ2n) is 4.87. The van der Waals surface area contributed by atoms with E-state index in [1.807, 2.05) is 42.2 Å². The Balaban J connectivity index is 1.97. The van der Waals surface area contributed by atoms with Crippen molar-refractivity contribution in [3.05, 3.63) is 34.6 Å². The van der Waals surface area contributed by atoms with Crippen molar-refractivity contribution in [2.45, 2.75) is 33.4 Å². The molecule has 7 heteroatoms. The summed E-state index contributed by atoms with van der Waals surface area (Å²) < 4.78 is 4.76. The quantitative estimate of drug-likeness (QED) is 0.907. The second kappa shape index (κ2) is 6.21. The minimum Gasteiger partial charge on any atom is -0.349 e. The first-order chi connectivity index (χ1) is 9.49. The lowest BCUT2D eigenvalue weighted by Crippen LogP contribution is -2.29. The van der Waals surface area contributed by atoms with Crippen LogP contribution in [0.4, 0.5) is 0 Å². The van der Waals surface area contributed by atoms with Gasteiger partial charge in [0.15, 0.2) is 0 Å². The SMILES string of the molecule is Cc1nncn1CCNC(=O)c1cc(Br)cn1C(C)C. The predicted molar refractivity (Wildman–Crippen MR) is 79.6 cm³/mol. The van der Waals surface area contributed by atoms with Gasteiger partial charge in [0.1, 0.15) is 17.8 Å². The van der Waals surface area contributed by atoms with Crippen LogP contribution in [0.25, 0.3) is 0 Å². The summed E-state index contributed by atoms with van der Waals surface area (Å²) in [4.78, 5) is 12.2. The zero-order valence-electron chi connectivity index (χ0n) is 11.8. The van der Waals surface area contributed by atoms with Gasteiger partial charge in [0, 0.05) is 29.8 Å². The van der Waals surface area contributed by atoms with Crippen molar-refractivity contribution < 1.29 is 4.79 Å². The first-order valence-corrected chi connectivity index (χ1v) is 7.28. The average Bonchev–Trinajstić information content (AvgIpc) is 2.96. The topological polar surface area (TPSA) is 64.7 Å². The predicted octanol–water partition coefficient (Wildman–Crippen LogP) is 2.16. The van der Waals surface area contributed by atoms with E-state index in [-0.39, 0.29) is 11.9 Å². The van der Waals surface area contributed by atoms with Gasteiger partial charge in [-0.25, -0.2) is 0 Å². The number of carbonyl (C=O) groups excluding carboxylic acids is 1. The van der Waals surface area contributed by atoms with Gasteiger partial charge in [-0.3, -0.25) is 4.79 Å². The Labute approximate surface area is 126 Å². The molecule has 0 atom stereocenters. The fraction of sp³-hybridized carbons (Fsp3) is 0.462. The van der Waals surface area contributed by atoms with E-state index in [4.69, 9.17) is 0 Å². The molecule has 2 aromatic rings. The van der Waals surface area contributed by atoms with Gasteiger partial charge in [-0.05, 0) is 42.8 Å². The van der Waals surface area contributed by atoms with Crippen molar-refractivity contribution in [2.75, 3.05) is 6.54 Å². The number of hydrogen-bond acceptors (Lipinski definition) is 3. The van der Waals surface area contributed by atoms with E-state index in [1.54, 1.807) is 6.33 Å². The molecule has 108 valence electrons. The van der Waals surface area contributed by atoms with Crippen LogP contribution in [0.1, 0.15) is 36.2 Å². The van der Waals surface area contributed by atoms with E-state index in [0.717, 1.165) is 10.3 Å². The van der Waals surface area contributed by atoms with Gasteiger partial charge < -0.3 is 14.5 Å². The summed E-state index contributed by atoms with van der Waals surface area (Å²) in [6, 6.07) is 2.07. The number of nitrogens with one attached hydrogen (secondary N) is 1. The summed E-state index contributed by atoms with van der Waals surface area (Å²) in [7, 11) is 0. The van der Waals surface area contributed by atoms with Crippen LogP contribution in [0.15, 0.2) is 23.1 Å². The van der Waals surface area contributed by atoms with Crippen molar-refractivity contribution >= 4 is 21.8 Å². The Morgan fingerprint density at radius 2 is 2.25 bits per heavy atom. The van der Waals surface area contributed by atoms with Crippen molar-refractivity contribution in [1.29, 1.82) is 0 Å². The molecule has 1 amide bonds. The summed E-state index contributed by atoms with van der Waals surface area (Å²) in [5.74, 6) is 0.766. The van der Waals surface area contributed by atoms with Crippen LogP contribution in [0.2, 0.25) is 0 Å². The molecule has 0 unspecified atom stereocenters. The maximum Gasteiger partial charge on any atom is 0.268 e. The molecule has 0 aliphatic rings. The molecule has 0 radical (unpaired) electrons. The number of aryl methyl sites for hydroxylation is 1. The fourth-order valence-corrected chi connectivity index (χ4v) is 2.40. The minimum absolute atomic E-state index is 0.0740. The number of halogens is 1. The van der Waals surface area contributed by atoms with Crippen molar-refractivity contribution in [1.82, 2.24) is 24.6 Å². The molecule has 2 rings (SSSR count). The van der Waals surface area contributed by atoms with E-state index < -0.39 is 0 Å². The number of hydrogen-bond donors (Lipinski definition) is 1. The van der Waals surface area contributed by atoms with Gasteiger partial charge >= 0.3 is 0 Å². The van der Waals surface area contributed by atoms with Crippen LogP contribution in [0.5, 0.6) is 0 Å². The third-order valence-corrected chi connectivity index (χ3v) is 3.49. The summed E-state index contributed by atoms with van der Waals surface area (Å²) in [6.07, 6.45) is 3.58. The zero-order valence-corrected chi connectivity index (χ0v) is 13.4. The Kier molecular flexibility index (Phi) is 4.59. The Morgan fingerprint density at radius 1 is 1.50 bits per heavy atom. The van der Waals surface area contributed by atoms with Gasteiger partial charge in [0.05, 0.1) is 0 Å². The van der Waals surface area contributed by atoms with Gasteiger partial charge in [-0.1, -0.05) is 0 Å². The molecule has 6 nitrogen and oxygen atoms in total. The minimum atomic E-state index is -0.0740. The summed E-state index contributed by atoms with van der Waals surface area (Å²) in [5, 5.41) is 10.6. The summed E-state index contributed by atoms with van der Waals surface area (Å²) in [5.41, 5.74) is 0.660. The van der Waals surface area contributed by atoms with Crippen LogP contribution in [0, 0.1) is 6.92 Å². The molecule has 0 aliphatic heterocycles. The fourth-order valence-electron chi connectivity index (χ4n) is 1.97. The van der Waals surface area contributed by atoms with Crippen LogP contribution in [0.3, 0.4) is 0 Å². The molecule has 0 fully saturated rings. The highest BCUT2D eigenvalue weighted by molar-refractivity contribution is 9.10. The van der Waals surface area contributed by atoms with Gasteiger partial charge in [0.2, 0.25) is 0 Å². The number of aromatic nitrogens is 4. The van der Waals surface area contributed by atoms with Crippen LogP contribution < -0.4 is 5.32 Å². The van der Waals surface area contributed by atoms with Crippen LogP contribution in [-0.4, -0.2) is 31.8 Å². The van der Waals surface area contributed by atoms with E-state index in [9.17, 15) is 4.79 Å². The number of amides is 1. The molecule has 0 spiro atoms. The summed E-state index contributed by atoms with van der Waals surface area (Å²) >= 11 is 3.41. The molecule has 1 N–H and O–H groups in total. The lowest BCUT2D eigenvalue weighted by molar-refractivity contribution is 0.0941. The normalized spacial score (nSPS) is 11.1. The first-order valence-electron chi connectivity index (χ1n) is 6.49. The largest absolute Gasteiger partial charge is 0.349 e. The zero-order chi connectivity index (χ0) is 14.7. The highest BCUT2D eigenvalue weighted by Crippen LogP contribution is 2.19. The highest BCUT2D eigenvalue weighted by atomic mass is 79.9. The Bertz CT molecular complexity index is 602. The standard InChI is InChI=1S/C13H18BrN5O/c1-9(2)19-7-11(14)6-12(19)13(20)15-4-5-18-8-16-17-10(18)3/h6-9H,4-5H2,1-3H3,(H,15,20). The highest BCUT2D eigenvalue weighted by Gasteiger charge is 2.14. The number of carbonyl (C=O) groups is 1. The molecule has 2 aromatic heterocycles. The molecule has 20 heavy (non-hydrogen) atoms. The molecule has 0 aromatic carbocycles. The van der Waals surface area contributed by atoms with E-state index >= 15 is 0 Å². The molecule has 2 heterocycles. The van der Waals surface area contributed by atoms with E-state index in [1.165, 1.54) is 0 Å². The molecule has 0 saturated carbocycles. The molecule has 0 aliphatic carbocycles. The maximum absolute atomic E-state index is 12.2. The van der Waals surface area contributed by atoms with E-state index in [0.29, 0.717) is 18.8 Å². The summed E-state index contributed by atoms with van der Waals surface area (Å²) in [6.45, 7) is 7.18. The maximum atomic E-state index is 12.2. The molecule has 0 bridgehead atoms. The lowest BCUT2D eigenvalue weighted by Gasteiger charge is -2.13. The molecule has 0 saturated heterocycles. The number of nitrogens with zero attached hydrogens (tertiary/aromatic N) is 4. The smallest absolute Gasteiger partial charge is 0.268 e. The van der Waals surface area contributed by atoms with Crippen molar-refractivity contribution in [2.24, 2.45) is 0 Å². The molecular weight excluding hydrogens is 322 g/mol. The Morgan fingerprint density at radius 3 is 2.85 bits per heavy atom. The van der Waals surface area contributed by atoms with Crippen molar-refractivity contribution in [3.8, 4) is 0 Å². The third kappa shape index (κ3) is 3.27. The van der Waals surface area contributed by atoms with E-state index in [2.05, 4.69) is 31.4 Å². The van der Waals surface area contributed by atoms with Crippen LogP contribution in [-0.2, 0) is 6.54 Å². The van der Waals surface area contributed by atoms with Gasteiger partial charge in [-0.15, -0.1) is 10.2 Å². The van der Waals surface area contributed by atoms with Gasteiger partial charge in [-0.2, -0.15) is 0 Å². The van der Waals surface area contributed by atoms with Gasteiger partial charge in [0.25, 0.3) is 5.91 Å². The van der Waals surface area contributed by atoms with Crippen LogP contribution >= 0.6 is 15.9 Å². The lowest BCUT2D eigenvalue weighted by atomic mass is 10.3. The first kappa shape index (κ1) is 14.8. The molecular formula is C13H18BrN5O. The van der Waals surface area contributed by atoms with Crippen molar-refractivity contribution in [3.63, 3.8) is 0 Å². The Hall–Kier alpha value is -1.63. The number of rotatable bonds is 5. The monoisotopic (exact) mass is 339 g/mol. The second-order valence-corrected chi connectivity index (χ2v) is 5.79.